The Bertz CT molecular complexity index is 1240. The number of carboxylic acid groups (broad SMARTS) is 1. The van der Waals surface area contributed by atoms with Gasteiger partial charge in [0.25, 0.3) is 5.56 Å². The van der Waals surface area contributed by atoms with Crippen LogP contribution in [-0.2, 0) is 4.79 Å². The molecule has 2 N–H and O–H groups in total. The number of rotatable bonds is 3. The van der Waals surface area contributed by atoms with Crippen molar-refractivity contribution in [1.29, 1.82) is 0 Å². The molecule has 0 bridgehead atoms. The van der Waals surface area contributed by atoms with Crippen molar-refractivity contribution in [1.82, 2.24) is 9.97 Å². The summed E-state index contributed by atoms with van der Waals surface area (Å²) in [5.74, 6) is -0.606. The van der Waals surface area contributed by atoms with Gasteiger partial charge in [-0.3, -0.25) is 4.79 Å². The van der Waals surface area contributed by atoms with Gasteiger partial charge in [0.15, 0.2) is 0 Å². The summed E-state index contributed by atoms with van der Waals surface area (Å²) in [7, 11) is 0. The fourth-order valence-corrected chi connectivity index (χ4v) is 2.95. The Balaban J connectivity index is 1.93. The van der Waals surface area contributed by atoms with E-state index in [1.165, 1.54) is 6.08 Å². The SMILES string of the molecule is O=C(O)/C=C/c1cccc2c(=O)[nH]c(-c3ccc4ccccc4c3)nc12. The Morgan fingerprint density at radius 3 is 2.62 bits per heavy atom. The van der Waals surface area contributed by atoms with Gasteiger partial charge in [-0.15, -0.1) is 0 Å². The molecule has 5 nitrogen and oxygen atoms in total. The van der Waals surface area contributed by atoms with Gasteiger partial charge >= 0.3 is 5.97 Å². The maximum absolute atomic E-state index is 12.5. The monoisotopic (exact) mass is 342 g/mol. The summed E-state index contributed by atoms with van der Waals surface area (Å²) < 4.78 is 0. The van der Waals surface area contributed by atoms with Crippen molar-refractivity contribution in [2.75, 3.05) is 0 Å². The minimum atomic E-state index is -1.05. The quantitative estimate of drug-likeness (QED) is 0.554. The number of fused-ring (bicyclic) bond motifs is 2. The summed E-state index contributed by atoms with van der Waals surface area (Å²) in [6.07, 6.45) is 2.48. The number of H-pyrrole nitrogens is 1. The Labute approximate surface area is 148 Å². The number of aromatic amines is 1. The number of aromatic nitrogens is 2. The summed E-state index contributed by atoms with van der Waals surface area (Å²) in [4.78, 5) is 30.7. The van der Waals surface area contributed by atoms with E-state index in [-0.39, 0.29) is 5.56 Å². The summed E-state index contributed by atoms with van der Waals surface area (Å²) in [6, 6.07) is 18.9. The summed E-state index contributed by atoms with van der Waals surface area (Å²) in [5, 5.41) is 11.4. The lowest BCUT2D eigenvalue weighted by Gasteiger charge is -2.07. The average Bonchev–Trinajstić information content (AvgIpc) is 2.66. The molecule has 0 spiro atoms. The third-order valence-corrected chi connectivity index (χ3v) is 4.20. The summed E-state index contributed by atoms with van der Waals surface area (Å²) in [5.41, 5.74) is 1.58. The minimum absolute atomic E-state index is 0.260. The topological polar surface area (TPSA) is 83.0 Å². The van der Waals surface area contributed by atoms with E-state index in [4.69, 9.17) is 5.11 Å². The van der Waals surface area contributed by atoms with Crippen molar-refractivity contribution in [3.63, 3.8) is 0 Å². The molecule has 4 rings (SSSR count). The second-order valence-corrected chi connectivity index (χ2v) is 5.89. The highest BCUT2D eigenvalue weighted by Gasteiger charge is 2.09. The molecule has 0 saturated heterocycles. The lowest BCUT2D eigenvalue weighted by molar-refractivity contribution is -0.131. The summed E-state index contributed by atoms with van der Waals surface area (Å²) >= 11 is 0. The number of hydrogen-bond donors (Lipinski definition) is 2. The van der Waals surface area contributed by atoms with Gasteiger partial charge in [0.05, 0.1) is 10.9 Å². The number of carbonyl (C=O) groups is 1. The minimum Gasteiger partial charge on any atom is -0.478 e. The molecule has 0 radical (unpaired) electrons. The molecule has 0 aliphatic rings. The van der Waals surface area contributed by atoms with Crippen LogP contribution < -0.4 is 5.56 Å². The number of nitrogens with zero attached hydrogens (tertiary/aromatic N) is 1. The molecule has 26 heavy (non-hydrogen) atoms. The molecular weight excluding hydrogens is 328 g/mol. The molecule has 0 fully saturated rings. The lowest BCUT2D eigenvalue weighted by Crippen LogP contribution is -2.10. The number of para-hydroxylation sites is 1. The van der Waals surface area contributed by atoms with Gasteiger partial charge in [-0.2, -0.15) is 0 Å². The van der Waals surface area contributed by atoms with Gasteiger partial charge in [-0.1, -0.05) is 48.5 Å². The zero-order valence-corrected chi connectivity index (χ0v) is 13.6. The molecular formula is C21H14N2O3. The van der Waals surface area contributed by atoms with E-state index in [0.717, 1.165) is 22.4 Å². The van der Waals surface area contributed by atoms with Crippen LogP contribution in [0.2, 0.25) is 0 Å². The standard InChI is InChI=1S/C21H14N2O3/c24-18(25)11-10-14-6-3-7-17-19(14)22-20(23-21(17)26)16-9-8-13-4-1-2-5-15(13)12-16/h1-12H,(H,24,25)(H,22,23,26)/b11-10+. The van der Waals surface area contributed by atoms with E-state index >= 15 is 0 Å². The van der Waals surface area contributed by atoms with Crippen LogP contribution in [0.1, 0.15) is 5.56 Å². The van der Waals surface area contributed by atoms with Gasteiger partial charge in [-0.25, -0.2) is 9.78 Å². The molecule has 0 saturated carbocycles. The van der Waals surface area contributed by atoms with Crippen molar-refractivity contribution in [2.24, 2.45) is 0 Å². The largest absolute Gasteiger partial charge is 0.478 e. The second-order valence-electron chi connectivity index (χ2n) is 5.89. The number of hydrogen-bond acceptors (Lipinski definition) is 3. The van der Waals surface area contributed by atoms with Crippen LogP contribution >= 0.6 is 0 Å². The molecule has 5 heteroatoms. The Kier molecular flexibility index (Phi) is 3.82. The molecule has 126 valence electrons. The fourth-order valence-electron chi connectivity index (χ4n) is 2.95. The molecule has 0 atom stereocenters. The van der Waals surface area contributed by atoms with Crippen molar-refractivity contribution in [3.8, 4) is 11.4 Å². The number of aliphatic carboxylic acids is 1. The third kappa shape index (κ3) is 2.86. The van der Waals surface area contributed by atoms with E-state index in [0.29, 0.717) is 22.3 Å². The normalized spacial score (nSPS) is 11.4. The van der Waals surface area contributed by atoms with E-state index in [1.54, 1.807) is 18.2 Å². The third-order valence-electron chi connectivity index (χ3n) is 4.20. The van der Waals surface area contributed by atoms with Crippen LogP contribution in [0, 0.1) is 0 Å². The van der Waals surface area contributed by atoms with E-state index < -0.39 is 5.97 Å². The zero-order valence-electron chi connectivity index (χ0n) is 13.6. The number of nitrogens with one attached hydrogen (secondary N) is 1. The molecule has 1 heterocycles. The average molecular weight is 342 g/mol. The highest BCUT2D eigenvalue weighted by Crippen LogP contribution is 2.23. The van der Waals surface area contributed by atoms with Crippen molar-refractivity contribution in [3.05, 3.63) is 82.7 Å². The Morgan fingerprint density at radius 1 is 1.00 bits per heavy atom. The van der Waals surface area contributed by atoms with Crippen molar-refractivity contribution >= 4 is 33.7 Å². The molecule has 3 aromatic carbocycles. The lowest BCUT2D eigenvalue weighted by atomic mass is 10.1. The number of carboxylic acids is 1. The van der Waals surface area contributed by atoms with Crippen LogP contribution in [0.4, 0.5) is 0 Å². The van der Waals surface area contributed by atoms with E-state index in [2.05, 4.69) is 9.97 Å². The first-order valence-electron chi connectivity index (χ1n) is 8.05. The summed E-state index contributed by atoms with van der Waals surface area (Å²) in [6.45, 7) is 0. The van der Waals surface area contributed by atoms with E-state index in [1.807, 2.05) is 42.5 Å². The maximum Gasteiger partial charge on any atom is 0.328 e. The molecule has 1 aromatic heterocycles. The molecule has 0 unspecified atom stereocenters. The van der Waals surface area contributed by atoms with Crippen LogP contribution in [0.5, 0.6) is 0 Å². The van der Waals surface area contributed by atoms with Crippen LogP contribution in [0.3, 0.4) is 0 Å². The first-order valence-corrected chi connectivity index (χ1v) is 8.05. The second kappa shape index (κ2) is 6.29. The highest BCUT2D eigenvalue weighted by atomic mass is 16.4. The van der Waals surface area contributed by atoms with Crippen molar-refractivity contribution in [2.45, 2.75) is 0 Å². The number of benzene rings is 3. The fraction of sp³-hybridized carbons (Fsp3) is 0. The highest BCUT2D eigenvalue weighted by molar-refractivity contribution is 5.93. The maximum atomic E-state index is 12.5. The van der Waals surface area contributed by atoms with Crippen LogP contribution in [-0.4, -0.2) is 21.0 Å². The predicted octanol–water partition coefficient (Wildman–Crippen LogP) is 3.84. The van der Waals surface area contributed by atoms with Gasteiger partial charge in [0.1, 0.15) is 5.82 Å². The Hall–Kier alpha value is -3.73. The smallest absolute Gasteiger partial charge is 0.328 e. The van der Waals surface area contributed by atoms with Gasteiger partial charge in [0.2, 0.25) is 0 Å². The van der Waals surface area contributed by atoms with Gasteiger partial charge in [0, 0.05) is 17.2 Å². The zero-order chi connectivity index (χ0) is 18.1. The molecule has 0 amide bonds. The predicted molar refractivity (Wildman–Crippen MR) is 102 cm³/mol. The molecule has 4 aromatic rings. The van der Waals surface area contributed by atoms with Crippen LogP contribution in [0.25, 0.3) is 39.1 Å². The Morgan fingerprint density at radius 2 is 1.81 bits per heavy atom. The van der Waals surface area contributed by atoms with Crippen molar-refractivity contribution < 1.29 is 9.90 Å². The first kappa shape index (κ1) is 15.8. The van der Waals surface area contributed by atoms with Gasteiger partial charge in [-0.05, 0) is 29.0 Å². The van der Waals surface area contributed by atoms with Gasteiger partial charge < -0.3 is 10.1 Å². The molecule has 0 aliphatic heterocycles. The molecule has 0 aliphatic carbocycles. The first-order chi connectivity index (χ1) is 12.6. The van der Waals surface area contributed by atoms with Crippen LogP contribution in [0.15, 0.2) is 71.5 Å². The van der Waals surface area contributed by atoms with E-state index in [9.17, 15) is 9.59 Å².